The van der Waals surface area contributed by atoms with Crippen LogP contribution in [0.15, 0.2) is 24.4 Å². The molecule has 0 saturated heterocycles. The molecule has 1 N–H and O–H groups in total. The van der Waals surface area contributed by atoms with Gasteiger partial charge in [0.05, 0.1) is 6.20 Å². The number of hydrogen-bond acceptors (Lipinski definition) is 4. The molecule has 2 heterocycles. The number of benzene rings is 1. The fourth-order valence-electron chi connectivity index (χ4n) is 3.74. The minimum absolute atomic E-state index is 0.211. The maximum absolute atomic E-state index is 14.0. The second-order valence-corrected chi connectivity index (χ2v) is 7.42. The highest BCUT2D eigenvalue weighted by molar-refractivity contribution is 5.28. The average molecular weight is 373 g/mol. The third-order valence-corrected chi connectivity index (χ3v) is 5.10. The van der Waals surface area contributed by atoms with Gasteiger partial charge in [0.25, 0.3) is 0 Å². The minimum Gasteiger partial charge on any atom is -0.474 e. The average Bonchev–Trinajstić information content (AvgIpc) is 3.24. The standard InChI is InChI=1S/C19H21F2N5O/c1-19(2,27-16-13(20)5-4-6-14(16)21)18-25-24-17(26(18)3)11-7-8-15-12(9-11)10-22-23-15/h4-6,10-11H,7-9H2,1-3H3,(H,22,23). The summed E-state index contributed by atoms with van der Waals surface area (Å²) in [5, 5.41) is 15.8. The second-order valence-electron chi connectivity index (χ2n) is 7.42. The van der Waals surface area contributed by atoms with Crippen molar-refractivity contribution in [3.63, 3.8) is 0 Å². The van der Waals surface area contributed by atoms with E-state index in [1.165, 1.54) is 29.5 Å². The first-order valence-electron chi connectivity index (χ1n) is 8.90. The van der Waals surface area contributed by atoms with E-state index in [0.717, 1.165) is 25.1 Å². The molecule has 1 aliphatic carbocycles. The van der Waals surface area contributed by atoms with Gasteiger partial charge in [-0.3, -0.25) is 5.10 Å². The number of fused-ring (bicyclic) bond motifs is 1. The van der Waals surface area contributed by atoms with Gasteiger partial charge >= 0.3 is 0 Å². The largest absolute Gasteiger partial charge is 0.474 e. The van der Waals surface area contributed by atoms with Crippen LogP contribution in [0.5, 0.6) is 5.75 Å². The van der Waals surface area contributed by atoms with Gasteiger partial charge in [0.1, 0.15) is 5.82 Å². The summed E-state index contributed by atoms with van der Waals surface area (Å²) < 4.78 is 35.5. The first-order valence-corrected chi connectivity index (χ1v) is 8.90. The van der Waals surface area contributed by atoms with Crippen molar-refractivity contribution in [3.05, 3.63) is 58.9 Å². The van der Waals surface area contributed by atoms with Gasteiger partial charge in [0.2, 0.25) is 0 Å². The number of aromatic nitrogens is 5. The molecule has 1 aromatic carbocycles. The Bertz CT molecular complexity index is 958. The molecule has 0 spiro atoms. The lowest BCUT2D eigenvalue weighted by atomic mass is 9.87. The summed E-state index contributed by atoms with van der Waals surface area (Å²) in [5.41, 5.74) is 1.31. The van der Waals surface area contributed by atoms with Crippen LogP contribution in [0, 0.1) is 11.6 Å². The van der Waals surface area contributed by atoms with E-state index < -0.39 is 23.0 Å². The van der Waals surface area contributed by atoms with Crippen LogP contribution in [0.25, 0.3) is 0 Å². The molecule has 1 aliphatic rings. The lowest BCUT2D eigenvalue weighted by molar-refractivity contribution is 0.0832. The number of aryl methyl sites for hydroxylation is 1. The van der Waals surface area contributed by atoms with Crippen molar-refractivity contribution in [1.29, 1.82) is 0 Å². The number of halogens is 2. The van der Waals surface area contributed by atoms with Gasteiger partial charge in [0, 0.05) is 18.7 Å². The molecule has 3 aromatic rings. The Labute approximate surface area is 155 Å². The van der Waals surface area contributed by atoms with Crippen molar-refractivity contribution in [1.82, 2.24) is 25.0 Å². The quantitative estimate of drug-likeness (QED) is 0.761. The van der Waals surface area contributed by atoms with E-state index in [2.05, 4.69) is 20.4 Å². The SMILES string of the molecule is Cn1c(C2CCc3[nH]ncc3C2)nnc1C(C)(C)Oc1c(F)cccc1F. The molecule has 0 bridgehead atoms. The summed E-state index contributed by atoms with van der Waals surface area (Å²) in [6.45, 7) is 3.45. The van der Waals surface area contributed by atoms with Crippen molar-refractivity contribution < 1.29 is 13.5 Å². The van der Waals surface area contributed by atoms with Gasteiger partial charge in [-0.05, 0) is 50.8 Å². The molecule has 8 heteroatoms. The van der Waals surface area contributed by atoms with Crippen LogP contribution in [0.1, 0.15) is 49.1 Å². The van der Waals surface area contributed by atoms with Gasteiger partial charge in [-0.1, -0.05) is 6.07 Å². The Hall–Kier alpha value is -2.77. The van der Waals surface area contributed by atoms with Crippen LogP contribution in [0.2, 0.25) is 0 Å². The van der Waals surface area contributed by atoms with Crippen LogP contribution in [-0.2, 0) is 25.5 Å². The normalized spacial score (nSPS) is 17.0. The van der Waals surface area contributed by atoms with Crippen LogP contribution < -0.4 is 4.74 Å². The third kappa shape index (κ3) is 3.09. The fraction of sp³-hybridized carbons (Fsp3) is 0.421. The van der Waals surface area contributed by atoms with Crippen molar-refractivity contribution in [3.8, 4) is 5.75 Å². The number of ether oxygens (including phenoxy) is 1. The van der Waals surface area contributed by atoms with Gasteiger partial charge < -0.3 is 9.30 Å². The number of hydrogen-bond donors (Lipinski definition) is 1. The molecule has 0 amide bonds. The van der Waals surface area contributed by atoms with Crippen LogP contribution in [-0.4, -0.2) is 25.0 Å². The molecule has 142 valence electrons. The monoisotopic (exact) mass is 373 g/mol. The number of H-pyrrole nitrogens is 1. The molecule has 0 radical (unpaired) electrons. The maximum Gasteiger partial charge on any atom is 0.192 e. The highest BCUT2D eigenvalue weighted by atomic mass is 19.1. The molecule has 1 unspecified atom stereocenters. The maximum atomic E-state index is 14.0. The third-order valence-electron chi connectivity index (χ3n) is 5.10. The number of para-hydroxylation sites is 1. The smallest absolute Gasteiger partial charge is 0.192 e. The van der Waals surface area contributed by atoms with Gasteiger partial charge in [-0.25, -0.2) is 8.78 Å². The van der Waals surface area contributed by atoms with E-state index in [1.54, 1.807) is 13.8 Å². The first-order chi connectivity index (χ1) is 12.9. The number of aromatic amines is 1. The second kappa shape index (κ2) is 6.44. The molecule has 0 fully saturated rings. The Kier molecular flexibility index (Phi) is 4.20. The Morgan fingerprint density at radius 1 is 1.22 bits per heavy atom. The highest BCUT2D eigenvalue weighted by Gasteiger charge is 2.34. The summed E-state index contributed by atoms with van der Waals surface area (Å²) in [4.78, 5) is 0. The molecule has 27 heavy (non-hydrogen) atoms. The van der Waals surface area contributed by atoms with E-state index >= 15 is 0 Å². The molecule has 0 aliphatic heterocycles. The van der Waals surface area contributed by atoms with E-state index in [9.17, 15) is 8.78 Å². The van der Waals surface area contributed by atoms with Crippen LogP contribution in [0.3, 0.4) is 0 Å². The van der Waals surface area contributed by atoms with Gasteiger partial charge in [-0.2, -0.15) is 5.10 Å². The topological polar surface area (TPSA) is 68.6 Å². The van der Waals surface area contributed by atoms with Crippen molar-refractivity contribution in [2.24, 2.45) is 7.05 Å². The van der Waals surface area contributed by atoms with Crippen molar-refractivity contribution >= 4 is 0 Å². The summed E-state index contributed by atoms with van der Waals surface area (Å²) in [6.07, 6.45) is 4.53. The lowest BCUT2D eigenvalue weighted by Crippen LogP contribution is -2.30. The van der Waals surface area contributed by atoms with Crippen LogP contribution in [0.4, 0.5) is 8.78 Å². The zero-order valence-electron chi connectivity index (χ0n) is 15.5. The van der Waals surface area contributed by atoms with Gasteiger partial charge in [0.15, 0.2) is 28.8 Å². The number of rotatable bonds is 4. The predicted molar refractivity (Wildman–Crippen MR) is 94.4 cm³/mol. The van der Waals surface area contributed by atoms with Crippen LogP contribution >= 0.6 is 0 Å². The van der Waals surface area contributed by atoms with Crippen molar-refractivity contribution in [2.75, 3.05) is 0 Å². The fourth-order valence-corrected chi connectivity index (χ4v) is 3.74. The Morgan fingerprint density at radius 3 is 2.70 bits per heavy atom. The predicted octanol–water partition coefficient (Wildman–Crippen LogP) is 3.40. The summed E-state index contributed by atoms with van der Waals surface area (Å²) >= 11 is 0. The van der Waals surface area contributed by atoms with Crippen molar-refractivity contribution in [2.45, 2.75) is 44.6 Å². The zero-order valence-corrected chi connectivity index (χ0v) is 15.5. The van der Waals surface area contributed by atoms with E-state index in [0.29, 0.717) is 5.82 Å². The zero-order chi connectivity index (χ0) is 19.2. The van der Waals surface area contributed by atoms with E-state index in [1.807, 2.05) is 17.8 Å². The molecule has 6 nitrogen and oxygen atoms in total. The first kappa shape index (κ1) is 17.6. The van der Waals surface area contributed by atoms with E-state index in [-0.39, 0.29) is 5.92 Å². The molecular weight excluding hydrogens is 352 g/mol. The number of nitrogens with zero attached hydrogens (tertiary/aromatic N) is 4. The minimum atomic E-state index is -1.06. The summed E-state index contributed by atoms with van der Waals surface area (Å²) in [7, 11) is 1.86. The highest BCUT2D eigenvalue weighted by Crippen LogP contribution is 2.34. The molecule has 1 atom stereocenters. The number of nitrogens with one attached hydrogen (secondary N) is 1. The molecular formula is C19H21F2N5O. The lowest BCUT2D eigenvalue weighted by Gasteiger charge is -2.27. The van der Waals surface area contributed by atoms with Gasteiger partial charge in [-0.15, -0.1) is 10.2 Å². The molecule has 2 aromatic heterocycles. The Morgan fingerprint density at radius 2 is 1.96 bits per heavy atom. The molecule has 4 rings (SSSR count). The Balaban J connectivity index is 1.61. The summed E-state index contributed by atoms with van der Waals surface area (Å²) in [5.74, 6) is -0.341. The molecule has 0 saturated carbocycles. The van der Waals surface area contributed by atoms with E-state index in [4.69, 9.17) is 4.74 Å². The summed E-state index contributed by atoms with van der Waals surface area (Å²) in [6, 6.07) is 3.64.